The minimum atomic E-state index is 0.706. The fourth-order valence-corrected chi connectivity index (χ4v) is 2.76. The van der Waals surface area contributed by atoms with Gasteiger partial charge in [-0.1, -0.05) is 38.8 Å². The van der Waals surface area contributed by atoms with Gasteiger partial charge in [-0.25, -0.2) is 0 Å². The summed E-state index contributed by atoms with van der Waals surface area (Å²) in [5.74, 6) is 0.706. The lowest BCUT2D eigenvalue weighted by Crippen LogP contribution is -2.06. The summed E-state index contributed by atoms with van der Waals surface area (Å²) in [7, 11) is 0. The summed E-state index contributed by atoms with van der Waals surface area (Å²) in [6, 6.07) is 4.39. The highest BCUT2D eigenvalue weighted by atomic mass is 79.9. The summed E-state index contributed by atoms with van der Waals surface area (Å²) in [6.07, 6.45) is 3.43. The Morgan fingerprint density at radius 1 is 1.19 bits per heavy atom. The van der Waals surface area contributed by atoms with Crippen molar-refractivity contribution in [3.63, 3.8) is 0 Å². The highest BCUT2D eigenvalue weighted by Gasteiger charge is 2.06. The largest absolute Gasteiger partial charge is 0.330 e. The first-order valence-electron chi connectivity index (χ1n) is 5.69. The second-order valence-corrected chi connectivity index (χ2v) is 6.12. The van der Waals surface area contributed by atoms with E-state index in [-0.39, 0.29) is 0 Å². The van der Waals surface area contributed by atoms with E-state index in [9.17, 15) is 0 Å². The van der Waals surface area contributed by atoms with Crippen molar-refractivity contribution in [3.8, 4) is 0 Å². The molecule has 0 heterocycles. The number of halogens is 2. The minimum Gasteiger partial charge on any atom is -0.330 e. The molecular weight excluding hydrogens is 330 g/mol. The van der Waals surface area contributed by atoms with Crippen LogP contribution in [0.25, 0.3) is 0 Å². The van der Waals surface area contributed by atoms with Crippen molar-refractivity contribution >= 4 is 31.9 Å². The summed E-state index contributed by atoms with van der Waals surface area (Å²) in [5, 5.41) is 0. The van der Waals surface area contributed by atoms with E-state index in [1.165, 1.54) is 26.5 Å². The van der Waals surface area contributed by atoms with Gasteiger partial charge in [-0.05, 0) is 61.9 Å². The quantitative estimate of drug-likeness (QED) is 0.836. The van der Waals surface area contributed by atoms with Crippen molar-refractivity contribution in [2.24, 2.45) is 11.7 Å². The van der Waals surface area contributed by atoms with Crippen molar-refractivity contribution in [1.29, 1.82) is 0 Å². The second-order valence-electron chi connectivity index (χ2n) is 4.41. The van der Waals surface area contributed by atoms with E-state index in [0.717, 1.165) is 19.4 Å². The molecule has 0 amide bonds. The molecule has 0 aliphatic rings. The summed E-state index contributed by atoms with van der Waals surface area (Å²) >= 11 is 7.20. The molecule has 16 heavy (non-hydrogen) atoms. The molecule has 0 fully saturated rings. The molecule has 0 radical (unpaired) electrons. The Morgan fingerprint density at radius 2 is 1.88 bits per heavy atom. The van der Waals surface area contributed by atoms with E-state index in [2.05, 4.69) is 57.8 Å². The molecule has 90 valence electrons. The van der Waals surface area contributed by atoms with Gasteiger partial charge in [-0.15, -0.1) is 0 Å². The summed E-state index contributed by atoms with van der Waals surface area (Å²) in [6.45, 7) is 5.17. The third-order valence-electron chi connectivity index (χ3n) is 2.89. The van der Waals surface area contributed by atoms with Crippen LogP contribution in [0.5, 0.6) is 0 Å². The third-order valence-corrected chi connectivity index (χ3v) is 4.49. The normalized spacial score (nSPS) is 12.8. The van der Waals surface area contributed by atoms with Crippen LogP contribution >= 0.6 is 31.9 Å². The Hall–Kier alpha value is 0.140. The zero-order valence-corrected chi connectivity index (χ0v) is 13.1. The van der Waals surface area contributed by atoms with Gasteiger partial charge in [0, 0.05) is 8.95 Å². The lowest BCUT2D eigenvalue weighted by Gasteiger charge is -2.12. The Balaban J connectivity index is 2.63. The maximum Gasteiger partial charge on any atom is 0.0210 e. The van der Waals surface area contributed by atoms with E-state index < -0.39 is 0 Å². The van der Waals surface area contributed by atoms with Crippen LogP contribution in [0.1, 0.15) is 30.9 Å². The Kier molecular flexibility index (Phi) is 6.01. The van der Waals surface area contributed by atoms with Crippen molar-refractivity contribution in [2.75, 3.05) is 6.54 Å². The summed E-state index contributed by atoms with van der Waals surface area (Å²) in [4.78, 5) is 0. The molecule has 1 aromatic carbocycles. The van der Waals surface area contributed by atoms with Gasteiger partial charge in [0.15, 0.2) is 0 Å². The van der Waals surface area contributed by atoms with Crippen LogP contribution in [0.15, 0.2) is 21.1 Å². The van der Waals surface area contributed by atoms with Crippen molar-refractivity contribution < 1.29 is 0 Å². The SMILES string of the molecule is Cc1cc(Br)c(CCC(C)CCN)cc1Br. The molecule has 1 unspecified atom stereocenters. The van der Waals surface area contributed by atoms with Crippen LogP contribution in [-0.4, -0.2) is 6.54 Å². The number of aryl methyl sites for hydroxylation is 2. The summed E-state index contributed by atoms with van der Waals surface area (Å²) < 4.78 is 2.41. The molecule has 1 aromatic rings. The van der Waals surface area contributed by atoms with E-state index in [1.54, 1.807) is 0 Å². The first kappa shape index (κ1) is 14.2. The number of rotatable bonds is 5. The highest BCUT2D eigenvalue weighted by molar-refractivity contribution is 9.11. The third kappa shape index (κ3) is 4.19. The number of nitrogens with two attached hydrogens (primary N) is 1. The van der Waals surface area contributed by atoms with Crippen LogP contribution in [0.4, 0.5) is 0 Å². The van der Waals surface area contributed by atoms with Crippen LogP contribution in [0, 0.1) is 12.8 Å². The molecule has 0 aliphatic heterocycles. The fourth-order valence-electron chi connectivity index (χ4n) is 1.71. The monoisotopic (exact) mass is 347 g/mol. The molecule has 1 nitrogen and oxygen atoms in total. The molecular formula is C13H19Br2N. The number of hydrogen-bond donors (Lipinski definition) is 1. The topological polar surface area (TPSA) is 26.0 Å². The average Bonchev–Trinajstić information content (AvgIpc) is 2.22. The van der Waals surface area contributed by atoms with Crippen molar-refractivity contribution in [2.45, 2.75) is 33.1 Å². The van der Waals surface area contributed by atoms with Gasteiger partial charge < -0.3 is 5.73 Å². The van der Waals surface area contributed by atoms with E-state index in [1.807, 2.05) is 0 Å². The maximum atomic E-state index is 5.56. The van der Waals surface area contributed by atoms with Crippen LogP contribution in [0.3, 0.4) is 0 Å². The Labute approximate surface area is 115 Å². The van der Waals surface area contributed by atoms with E-state index in [0.29, 0.717) is 5.92 Å². The zero-order chi connectivity index (χ0) is 12.1. The molecule has 0 saturated heterocycles. The van der Waals surface area contributed by atoms with Gasteiger partial charge in [-0.3, -0.25) is 0 Å². The zero-order valence-electron chi connectivity index (χ0n) is 9.89. The van der Waals surface area contributed by atoms with Crippen molar-refractivity contribution in [1.82, 2.24) is 0 Å². The molecule has 3 heteroatoms. The summed E-state index contributed by atoms with van der Waals surface area (Å²) in [5.41, 5.74) is 8.20. The Morgan fingerprint density at radius 3 is 2.50 bits per heavy atom. The number of hydrogen-bond acceptors (Lipinski definition) is 1. The minimum absolute atomic E-state index is 0.706. The average molecular weight is 349 g/mol. The van der Waals surface area contributed by atoms with Crippen molar-refractivity contribution in [3.05, 3.63) is 32.2 Å². The van der Waals surface area contributed by atoms with Crippen LogP contribution < -0.4 is 5.73 Å². The lowest BCUT2D eigenvalue weighted by atomic mass is 9.98. The first-order valence-corrected chi connectivity index (χ1v) is 7.27. The molecule has 0 aliphatic carbocycles. The molecule has 2 N–H and O–H groups in total. The van der Waals surface area contributed by atoms with Gasteiger partial charge >= 0.3 is 0 Å². The second kappa shape index (κ2) is 6.77. The van der Waals surface area contributed by atoms with Gasteiger partial charge in [0.1, 0.15) is 0 Å². The van der Waals surface area contributed by atoms with Gasteiger partial charge in [-0.2, -0.15) is 0 Å². The van der Waals surface area contributed by atoms with Gasteiger partial charge in [0.2, 0.25) is 0 Å². The predicted molar refractivity (Wildman–Crippen MR) is 77.7 cm³/mol. The number of benzene rings is 1. The van der Waals surface area contributed by atoms with Crippen LogP contribution in [0.2, 0.25) is 0 Å². The smallest absolute Gasteiger partial charge is 0.0210 e. The molecule has 0 aromatic heterocycles. The maximum absolute atomic E-state index is 5.56. The molecule has 1 rings (SSSR count). The van der Waals surface area contributed by atoms with Gasteiger partial charge in [0.25, 0.3) is 0 Å². The molecule has 0 bridgehead atoms. The van der Waals surface area contributed by atoms with Gasteiger partial charge in [0.05, 0.1) is 0 Å². The molecule has 0 spiro atoms. The van der Waals surface area contributed by atoms with Crippen LogP contribution in [-0.2, 0) is 6.42 Å². The first-order chi connectivity index (χ1) is 7.54. The fraction of sp³-hybridized carbons (Fsp3) is 0.538. The molecule has 1 atom stereocenters. The predicted octanol–water partition coefficient (Wildman–Crippen LogP) is 4.44. The highest BCUT2D eigenvalue weighted by Crippen LogP contribution is 2.27. The van der Waals surface area contributed by atoms with E-state index >= 15 is 0 Å². The molecule has 0 saturated carbocycles. The Bertz CT molecular complexity index is 350. The standard InChI is InChI=1S/C13H19Br2N/c1-9(5-6-16)3-4-11-8-12(14)10(2)7-13(11)15/h7-9H,3-6,16H2,1-2H3. The van der Waals surface area contributed by atoms with E-state index in [4.69, 9.17) is 5.73 Å². The lowest BCUT2D eigenvalue weighted by molar-refractivity contribution is 0.499.